The lowest BCUT2D eigenvalue weighted by Gasteiger charge is -2.37. The van der Waals surface area contributed by atoms with Crippen LogP contribution < -0.4 is 5.32 Å². The van der Waals surface area contributed by atoms with Crippen LogP contribution in [0.25, 0.3) is 0 Å². The normalized spacial score (nSPS) is 24.4. The first-order valence-electron chi connectivity index (χ1n) is 8.51. The fourth-order valence-electron chi connectivity index (χ4n) is 2.51. The van der Waals surface area contributed by atoms with E-state index in [1.54, 1.807) is 5.32 Å². The third-order valence-corrected chi connectivity index (χ3v) is 5.73. The minimum Gasteiger partial charge on any atom is -0.362 e. The molecule has 1 fully saturated rings. The SMILES string of the molecule is [B][C@@H]1O[C@H](NC(=O)C(F)(F)F)C[C@@H]1OP(OCCC#N)N(C(C)C)C(C)C. The lowest BCUT2D eigenvalue weighted by Crippen LogP contribution is -2.43. The Hall–Kier alpha value is -0.915. The van der Waals surface area contributed by atoms with Crippen LogP contribution in [0.4, 0.5) is 13.2 Å². The zero-order valence-corrected chi connectivity index (χ0v) is 16.6. The minimum absolute atomic E-state index is 0.0482. The van der Waals surface area contributed by atoms with E-state index < -0.39 is 38.9 Å². The number of nitriles is 1. The third-order valence-electron chi connectivity index (χ3n) is 3.57. The van der Waals surface area contributed by atoms with Crippen molar-refractivity contribution >= 4 is 22.3 Å². The topological polar surface area (TPSA) is 83.8 Å². The molecule has 27 heavy (non-hydrogen) atoms. The molecule has 7 nitrogen and oxygen atoms in total. The molecular formula is C15H24BF3N3O4P. The van der Waals surface area contributed by atoms with E-state index in [9.17, 15) is 18.0 Å². The van der Waals surface area contributed by atoms with Crippen molar-refractivity contribution in [1.29, 1.82) is 5.26 Å². The average Bonchev–Trinajstić information content (AvgIpc) is 2.85. The van der Waals surface area contributed by atoms with E-state index in [2.05, 4.69) is 0 Å². The molecule has 0 bridgehead atoms. The van der Waals surface area contributed by atoms with Crippen molar-refractivity contribution in [2.24, 2.45) is 0 Å². The standard InChI is InChI=1S/C15H24BF3N3O4P/c1-9(2)22(10(3)4)27(24-7-5-6-20)26-11-8-12(25-13(11)16)21-14(23)15(17,18)19/h9-13H,5,7-8H2,1-4H3,(H,21,23)/t11-,12-,13+,27?/m0/s1. The van der Waals surface area contributed by atoms with Gasteiger partial charge in [0.1, 0.15) is 14.1 Å². The number of halogens is 3. The monoisotopic (exact) mass is 409 g/mol. The van der Waals surface area contributed by atoms with Crippen LogP contribution in [0, 0.1) is 11.3 Å². The van der Waals surface area contributed by atoms with Gasteiger partial charge in [-0.2, -0.15) is 18.4 Å². The number of hydrogen-bond donors (Lipinski definition) is 1. The second kappa shape index (κ2) is 10.6. The zero-order valence-electron chi connectivity index (χ0n) is 15.7. The van der Waals surface area contributed by atoms with Crippen molar-refractivity contribution in [3.8, 4) is 6.07 Å². The summed E-state index contributed by atoms with van der Waals surface area (Å²) in [6, 6.07) is 1.06. The van der Waals surface area contributed by atoms with Gasteiger partial charge in [-0.15, -0.1) is 0 Å². The number of carbonyl (C=O) groups is 1. The Morgan fingerprint density at radius 3 is 2.48 bits per heavy atom. The first kappa shape index (κ1) is 24.1. The number of carbonyl (C=O) groups excluding carboxylic acids is 1. The number of nitrogens with zero attached hydrogens (tertiary/aromatic N) is 2. The highest BCUT2D eigenvalue weighted by atomic mass is 31.2. The van der Waals surface area contributed by atoms with Crippen molar-refractivity contribution < 1.29 is 31.8 Å². The average molecular weight is 409 g/mol. The van der Waals surface area contributed by atoms with Crippen molar-refractivity contribution in [2.75, 3.05) is 6.61 Å². The molecule has 12 heteroatoms. The highest BCUT2D eigenvalue weighted by molar-refractivity contribution is 7.44. The number of alkyl halides is 3. The summed E-state index contributed by atoms with van der Waals surface area (Å²) in [6.45, 7) is 7.94. The summed E-state index contributed by atoms with van der Waals surface area (Å²) >= 11 is 0. The maximum atomic E-state index is 12.4. The van der Waals surface area contributed by atoms with E-state index in [1.165, 1.54) is 0 Å². The molecule has 1 aliphatic rings. The van der Waals surface area contributed by atoms with Crippen LogP contribution >= 0.6 is 8.53 Å². The summed E-state index contributed by atoms with van der Waals surface area (Å²) in [5, 5.41) is 10.4. The lowest BCUT2D eigenvalue weighted by molar-refractivity contribution is -0.177. The molecule has 0 aliphatic carbocycles. The highest BCUT2D eigenvalue weighted by Gasteiger charge is 2.43. The van der Waals surface area contributed by atoms with Gasteiger partial charge in [0, 0.05) is 24.5 Å². The summed E-state index contributed by atoms with van der Waals surface area (Å²) in [4.78, 5) is 11.1. The number of amides is 1. The summed E-state index contributed by atoms with van der Waals surface area (Å²) in [5.41, 5.74) is 0. The van der Waals surface area contributed by atoms with Gasteiger partial charge in [0.25, 0.3) is 8.53 Å². The number of ether oxygens (including phenoxy) is 1. The predicted octanol–water partition coefficient (Wildman–Crippen LogP) is 2.57. The fourth-order valence-corrected chi connectivity index (χ4v) is 4.25. The summed E-state index contributed by atoms with van der Waals surface area (Å²) in [6.07, 6.45) is -6.86. The van der Waals surface area contributed by atoms with Crippen LogP contribution in [0.5, 0.6) is 0 Å². The molecule has 0 spiro atoms. The molecule has 1 N–H and O–H groups in total. The Bertz CT molecular complexity index is 525. The van der Waals surface area contributed by atoms with E-state index in [1.807, 2.05) is 38.4 Å². The molecular weight excluding hydrogens is 385 g/mol. The molecule has 0 aromatic heterocycles. The van der Waals surface area contributed by atoms with Crippen LogP contribution in [0.15, 0.2) is 0 Å². The van der Waals surface area contributed by atoms with Crippen LogP contribution in [0.1, 0.15) is 40.5 Å². The van der Waals surface area contributed by atoms with Crippen LogP contribution in [0.3, 0.4) is 0 Å². The molecule has 1 unspecified atom stereocenters. The summed E-state index contributed by atoms with van der Waals surface area (Å²) in [5.74, 6) is -2.10. The maximum absolute atomic E-state index is 12.4. The third kappa shape index (κ3) is 7.55. The molecule has 152 valence electrons. The highest BCUT2D eigenvalue weighted by Crippen LogP contribution is 2.48. The minimum atomic E-state index is -5.01. The van der Waals surface area contributed by atoms with Gasteiger partial charge in [-0.25, -0.2) is 4.67 Å². The molecule has 1 rings (SSSR count). The van der Waals surface area contributed by atoms with Crippen molar-refractivity contribution in [3.05, 3.63) is 0 Å². The Balaban J connectivity index is 2.79. The molecule has 0 aromatic rings. The van der Waals surface area contributed by atoms with Crippen molar-refractivity contribution in [3.63, 3.8) is 0 Å². The molecule has 4 atom stereocenters. The van der Waals surface area contributed by atoms with E-state index in [0.717, 1.165) is 0 Å². The zero-order chi connectivity index (χ0) is 20.8. The predicted molar refractivity (Wildman–Crippen MR) is 93.3 cm³/mol. The van der Waals surface area contributed by atoms with Gasteiger partial charge < -0.3 is 19.1 Å². The van der Waals surface area contributed by atoms with Crippen molar-refractivity contribution in [2.45, 2.75) is 77.1 Å². The molecule has 2 radical (unpaired) electrons. The Morgan fingerprint density at radius 1 is 1.41 bits per heavy atom. The van der Waals surface area contributed by atoms with Gasteiger partial charge in [0.05, 0.1) is 25.2 Å². The van der Waals surface area contributed by atoms with E-state index >= 15 is 0 Å². The Labute approximate surface area is 159 Å². The van der Waals surface area contributed by atoms with Crippen LogP contribution in [-0.4, -0.2) is 61.6 Å². The number of hydrogen-bond acceptors (Lipinski definition) is 6. The second-order valence-corrected chi connectivity index (χ2v) is 7.89. The van der Waals surface area contributed by atoms with Gasteiger partial charge in [-0.1, -0.05) is 0 Å². The molecule has 1 saturated heterocycles. The lowest BCUT2D eigenvalue weighted by atomic mass is 9.95. The quantitative estimate of drug-likeness (QED) is 0.358. The Morgan fingerprint density at radius 2 is 2.00 bits per heavy atom. The smallest absolute Gasteiger partial charge is 0.362 e. The molecule has 0 saturated carbocycles. The molecule has 1 heterocycles. The molecule has 0 aromatic carbocycles. The van der Waals surface area contributed by atoms with Crippen LogP contribution in [0.2, 0.25) is 0 Å². The van der Waals surface area contributed by atoms with Crippen LogP contribution in [-0.2, 0) is 18.6 Å². The molecule has 1 aliphatic heterocycles. The van der Waals surface area contributed by atoms with Gasteiger partial charge in [0.15, 0.2) is 0 Å². The summed E-state index contributed by atoms with van der Waals surface area (Å²) in [7, 11) is 4.19. The van der Waals surface area contributed by atoms with E-state index in [0.29, 0.717) is 0 Å². The van der Waals surface area contributed by atoms with Crippen molar-refractivity contribution in [1.82, 2.24) is 9.99 Å². The number of nitrogens with one attached hydrogen (secondary N) is 1. The Kier molecular flexibility index (Phi) is 9.45. The fraction of sp³-hybridized carbons (Fsp3) is 0.867. The largest absolute Gasteiger partial charge is 0.471 e. The van der Waals surface area contributed by atoms with Gasteiger partial charge in [-0.3, -0.25) is 4.79 Å². The number of rotatable bonds is 9. The maximum Gasteiger partial charge on any atom is 0.471 e. The molecule has 1 amide bonds. The van der Waals surface area contributed by atoms with Gasteiger partial charge in [0.2, 0.25) is 0 Å². The van der Waals surface area contributed by atoms with E-state index in [4.69, 9.17) is 26.9 Å². The van der Waals surface area contributed by atoms with Gasteiger partial charge in [-0.05, 0) is 27.7 Å². The van der Waals surface area contributed by atoms with E-state index in [-0.39, 0.29) is 31.5 Å². The first-order chi connectivity index (χ1) is 12.5. The summed E-state index contributed by atoms with van der Waals surface area (Å²) < 4.78 is 55.9. The van der Waals surface area contributed by atoms with Gasteiger partial charge >= 0.3 is 12.1 Å². The second-order valence-electron chi connectivity index (χ2n) is 6.49. The first-order valence-corrected chi connectivity index (χ1v) is 9.64.